The Labute approximate surface area is 196 Å². The van der Waals surface area contributed by atoms with E-state index in [-0.39, 0.29) is 18.0 Å². The van der Waals surface area contributed by atoms with Crippen molar-refractivity contribution in [1.29, 1.82) is 0 Å². The number of amides is 2. The van der Waals surface area contributed by atoms with E-state index in [1.807, 2.05) is 44.7 Å². The van der Waals surface area contributed by atoms with Crippen molar-refractivity contribution < 1.29 is 14.3 Å². The van der Waals surface area contributed by atoms with E-state index in [0.29, 0.717) is 29.5 Å². The number of nitrogens with one attached hydrogen (secondary N) is 1. The van der Waals surface area contributed by atoms with Crippen molar-refractivity contribution in [2.24, 2.45) is 7.05 Å². The van der Waals surface area contributed by atoms with E-state index in [2.05, 4.69) is 20.4 Å². The lowest BCUT2D eigenvalue weighted by Crippen LogP contribution is -2.50. The van der Waals surface area contributed by atoms with Crippen molar-refractivity contribution in [3.63, 3.8) is 0 Å². The zero-order chi connectivity index (χ0) is 23.8. The zero-order valence-electron chi connectivity index (χ0n) is 19.5. The van der Waals surface area contributed by atoms with Gasteiger partial charge in [0.25, 0.3) is 5.91 Å². The number of hydrogen-bond donors (Lipinski definition) is 1. The Bertz CT molecular complexity index is 1180. The van der Waals surface area contributed by atoms with Crippen LogP contribution in [0.2, 0.25) is 0 Å². The molecule has 0 aliphatic carbocycles. The van der Waals surface area contributed by atoms with Crippen LogP contribution < -0.4 is 5.32 Å². The van der Waals surface area contributed by atoms with Crippen molar-refractivity contribution >= 4 is 29.4 Å². The van der Waals surface area contributed by atoms with Crippen LogP contribution in [-0.2, 0) is 11.8 Å². The number of likely N-dealkylation sites (tertiary alicyclic amines) is 1. The smallest absolute Gasteiger partial charge is 0.410 e. The summed E-state index contributed by atoms with van der Waals surface area (Å²) in [4.78, 5) is 36.3. The molecule has 1 fully saturated rings. The molecule has 1 saturated heterocycles. The van der Waals surface area contributed by atoms with Crippen LogP contribution in [0.25, 0.3) is 16.9 Å². The molecule has 0 spiro atoms. The van der Waals surface area contributed by atoms with Crippen molar-refractivity contribution in [2.45, 2.75) is 50.3 Å². The molecule has 2 amide bonds. The van der Waals surface area contributed by atoms with Gasteiger partial charge in [0.1, 0.15) is 16.3 Å². The number of rotatable bonds is 4. The van der Waals surface area contributed by atoms with E-state index in [0.717, 1.165) is 24.1 Å². The third-order valence-corrected chi connectivity index (χ3v) is 5.96. The van der Waals surface area contributed by atoms with Crippen LogP contribution in [-0.4, -0.2) is 72.0 Å². The molecule has 4 heterocycles. The van der Waals surface area contributed by atoms with Crippen molar-refractivity contribution in [3.8, 4) is 11.3 Å². The summed E-state index contributed by atoms with van der Waals surface area (Å²) >= 11 is 1.43. The van der Waals surface area contributed by atoms with Crippen LogP contribution in [0.3, 0.4) is 0 Å². The van der Waals surface area contributed by atoms with Crippen LogP contribution in [0.1, 0.15) is 44.1 Å². The molecule has 10 nitrogen and oxygen atoms in total. The molecule has 0 aromatic carbocycles. The highest BCUT2D eigenvalue weighted by molar-refractivity contribution is 7.98. The molecule has 0 saturated carbocycles. The predicted octanol–water partition coefficient (Wildman–Crippen LogP) is 2.98. The molecular weight excluding hydrogens is 442 g/mol. The molecule has 3 aromatic rings. The topological polar surface area (TPSA) is 107 Å². The molecule has 33 heavy (non-hydrogen) atoms. The normalized spacial score (nSPS) is 16.8. The lowest BCUT2D eigenvalue weighted by molar-refractivity contribution is 0.0185. The number of carbonyl (C=O) groups is 2. The Morgan fingerprint density at radius 1 is 1.24 bits per heavy atom. The Kier molecular flexibility index (Phi) is 6.33. The standard InChI is InChI=1S/C22H29N7O3S/c1-22(2,3)32-21(31)28-8-6-7-15(12-28)25-19(30)16-13-29-17(14-9-24-27(4)11-14)10-23-18(29)20(26-16)33-5/h9-11,13,15H,6-8,12H2,1-5H3,(H,25,30). The van der Waals surface area contributed by atoms with Crippen molar-refractivity contribution in [1.82, 2.24) is 34.4 Å². The van der Waals surface area contributed by atoms with Crippen LogP contribution in [0.15, 0.2) is 29.8 Å². The van der Waals surface area contributed by atoms with Gasteiger partial charge in [-0.3, -0.25) is 13.9 Å². The van der Waals surface area contributed by atoms with Gasteiger partial charge in [0, 0.05) is 44.1 Å². The van der Waals surface area contributed by atoms with Gasteiger partial charge in [0.15, 0.2) is 5.65 Å². The Morgan fingerprint density at radius 2 is 2.03 bits per heavy atom. The summed E-state index contributed by atoms with van der Waals surface area (Å²) in [5.41, 5.74) is 2.15. The molecule has 1 aliphatic rings. The first-order valence-electron chi connectivity index (χ1n) is 10.8. The number of imidazole rings is 1. The summed E-state index contributed by atoms with van der Waals surface area (Å²) in [5.74, 6) is -0.283. The highest BCUT2D eigenvalue weighted by Crippen LogP contribution is 2.26. The Hall–Kier alpha value is -3.08. The number of carbonyl (C=O) groups excluding carboxylic acids is 2. The molecule has 0 radical (unpaired) electrons. The number of ether oxygens (including phenoxy) is 1. The first kappa shape index (κ1) is 23.1. The van der Waals surface area contributed by atoms with E-state index in [9.17, 15) is 9.59 Å². The largest absolute Gasteiger partial charge is 0.444 e. The summed E-state index contributed by atoms with van der Waals surface area (Å²) in [6.45, 7) is 6.55. The number of thioether (sulfide) groups is 1. The number of aryl methyl sites for hydroxylation is 1. The molecule has 176 valence electrons. The first-order chi connectivity index (χ1) is 15.6. The quantitative estimate of drug-likeness (QED) is 0.583. The van der Waals surface area contributed by atoms with Crippen molar-refractivity contribution in [2.75, 3.05) is 19.3 Å². The molecule has 0 bridgehead atoms. The van der Waals surface area contributed by atoms with Gasteiger partial charge in [0.2, 0.25) is 0 Å². The average molecular weight is 472 g/mol. The van der Waals surface area contributed by atoms with E-state index in [4.69, 9.17) is 4.74 Å². The number of fused-ring (bicyclic) bond motifs is 1. The monoisotopic (exact) mass is 471 g/mol. The minimum Gasteiger partial charge on any atom is -0.444 e. The van der Waals surface area contributed by atoms with Crippen LogP contribution in [0.4, 0.5) is 4.79 Å². The SMILES string of the molecule is CSc1nc(C(=O)NC2CCCN(C(=O)OC(C)(C)C)C2)cn2c(-c3cnn(C)c3)cnc12. The third kappa shape index (κ3) is 5.13. The molecule has 1 unspecified atom stereocenters. The predicted molar refractivity (Wildman–Crippen MR) is 125 cm³/mol. The fourth-order valence-electron chi connectivity index (χ4n) is 3.82. The number of nitrogens with zero attached hydrogens (tertiary/aromatic N) is 6. The molecule has 4 rings (SSSR count). The summed E-state index contributed by atoms with van der Waals surface area (Å²) < 4.78 is 9.08. The number of piperidine rings is 1. The minimum absolute atomic E-state index is 0.172. The maximum Gasteiger partial charge on any atom is 0.410 e. The van der Waals surface area contributed by atoms with Gasteiger partial charge < -0.3 is 15.0 Å². The van der Waals surface area contributed by atoms with Gasteiger partial charge in [-0.05, 0) is 39.9 Å². The maximum absolute atomic E-state index is 13.1. The van der Waals surface area contributed by atoms with Gasteiger partial charge in [-0.25, -0.2) is 14.8 Å². The van der Waals surface area contributed by atoms with E-state index in [1.54, 1.807) is 28.2 Å². The second-order valence-corrected chi connectivity index (χ2v) is 9.91. The molecule has 1 N–H and O–H groups in total. The van der Waals surface area contributed by atoms with E-state index >= 15 is 0 Å². The summed E-state index contributed by atoms with van der Waals surface area (Å²) in [5, 5.41) is 7.94. The van der Waals surface area contributed by atoms with Gasteiger partial charge in [-0.2, -0.15) is 5.10 Å². The Morgan fingerprint density at radius 3 is 2.70 bits per heavy atom. The average Bonchev–Trinajstić information content (AvgIpc) is 3.37. The third-order valence-electron chi connectivity index (χ3n) is 5.30. The number of aromatic nitrogens is 5. The molecule has 1 atom stereocenters. The zero-order valence-corrected chi connectivity index (χ0v) is 20.3. The second kappa shape index (κ2) is 9.05. The summed E-state index contributed by atoms with van der Waals surface area (Å²) in [6.07, 6.45) is 10.2. The van der Waals surface area contributed by atoms with Gasteiger partial charge in [0.05, 0.1) is 18.1 Å². The highest BCUT2D eigenvalue weighted by Gasteiger charge is 2.29. The lowest BCUT2D eigenvalue weighted by atomic mass is 10.1. The lowest BCUT2D eigenvalue weighted by Gasteiger charge is -2.34. The molecule has 3 aromatic heterocycles. The molecular formula is C22H29N7O3S. The fraction of sp³-hybridized carbons (Fsp3) is 0.500. The summed E-state index contributed by atoms with van der Waals surface area (Å²) in [7, 11) is 1.85. The van der Waals surface area contributed by atoms with E-state index < -0.39 is 5.60 Å². The van der Waals surface area contributed by atoms with Gasteiger partial charge in [-0.15, -0.1) is 11.8 Å². The fourth-order valence-corrected chi connectivity index (χ4v) is 4.34. The summed E-state index contributed by atoms with van der Waals surface area (Å²) in [6, 6.07) is -0.172. The number of hydrogen-bond acceptors (Lipinski definition) is 7. The highest BCUT2D eigenvalue weighted by atomic mass is 32.2. The second-order valence-electron chi connectivity index (χ2n) is 9.11. The van der Waals surface area contributed by atoms with Crippen molar-refractivity contribution in [3.05, 3.63) is 30.5 Å². The van der Waals surface area contributed by atoms with Crippen LogP contribution >= 0.6 is 11.8 Å². The molecule has 1 aliphatic heterocycles. The minimum atomic E-state index is -0.558. The van der Waals surface area contributed by atoms with Crippen LogP contribution in [0.5, 0.6) is 0 Å². The Balaban J connectivity index is 1.55. The maximum atomic E-state index is 13.1. The van der Waals surface area contributed by atoms with Gasteiger partial charge in [-0.1, -0.05) is 0 Å². The first-order valence-corrected chi connectivity index (χ1v) is 12.1. The van der Waals surface area contributed by atoms with E-state index in [1.165, 1.54) is 11.8 Å². The van der Waals surface area contributed by atoms with Gasteiger partial charge >= 0.3 is 6.09 Å². The molecule has 11 heteroatoms. The van der Waals surface area contributed by atoms with Crippen LogP contribution in [0, 0.1) is 0 Å².